The molecule has 0 aromatic heterocycles. The highest BCUT2D eigenvalue weighted by Gasteiger charge is 2.39. The molecule has 220 valence electrons. The quantitative estimate of drug-likeness (QED) is 0.136. The highest BCUT2D eigenvalue weighted by molar-refractivity contribution is 6.31. The molecule has 8 nitrogen and oxygen atoms in total. The number of hydrogen-bond donors (Lipinski definition) is 0. The second-order valence-corrected chi connectivity index (χ2v) is 13.4. The lowest BCUT2D eigenvalue weighted by molar-refractivity contribution is 0.0404. The van der Waals surface area contributed by atoms with Gasteiger partial charge in [0.1, 0.15) is 17.2 Å². The number of benzene rings is 2. The van der Waals surface area contributed by atoms with E-state index in [1.165, 1.54) is 0 Å². The molecule has 0 amide bonds. The van der Waals surface area contributed by atoms with Crippen LogP contribution in [0.3, 0.4) is 0 Å². The Labute approximate surface area is 241 Å². The molecule has 2 aromatic rings. The fourth-order valence-electron chi connectivity index (χ4n) is 4.87. The van der Waals surface area contributed by atoms with Crippen molar-refractivity contribution in [2.45, 2.75) is 70.4 Å². The summed E-state index contributed by atoms with van der Waals surface area (Å²) in [6.45, 7) is 10.9. The fraction of sp³-hybridized carbons (Fsp3) is 0.581. The number of rotatable bonds is 15. The summed E-state index contributed by atoms with van der Waals surface area (Å²) in [5.74, 6) is 1.82. The lowest BCUT2D eigenvalue weighted by Crippen LogP contribution is -2.29. The predicted octanol–water partition coefficient (Wildman–Crippen LogP) is 6.49. The van der Waals surface area contributed by atoms with Crippen LogP contribution in [0, 0.1) is 5.92 Å². The summed E-state index contributed by atoms with van der Waals surface area (Å²) in [5.41, 5.74) is 1.74. The Hall–Kier alpha value is -2.43. The average molecular weight is 573 g/mol. The molecule has 0 saturated heterocycles. The molecule has 40 heavy (non-hydrogen) atoms. The minimum absolute atomic E-state index is 0.00489. The summed E-state index contributed by atoms with van der Waals surface area (Å²) in [4.78, 5) is 13.8. The molecule has 0 bridgehead atoms. The van der Waals surface area contributed by atoms with E-state index in [2.05, 4.69) is 20.8 Å². The summed E-state index contributed by atoms with van der Waals surface area (Å²) in [7, 11) is 5.02. The Balaban J connectivity index is 2.04. The summed E-state index contributed by atoms with van der Waals surface area (Å²) < 4.78 is 39.7. The average Bonchev–Trinajstić information content (AvgIpc) is 3.42. The molecule has 2 unspecified atom stereocenters. The summed E-state index contributed by atoms with van der Waals surface area (Å²) in [5, 5.41) is 0.00489. The smallest absolute Gasteiger partial charge is 0.236 e. The van der Waals surface area contributed by atoms with Gasteiger partial charge in [-0.25, -0.2) is 0 Å². The van der Waals surface area contributed by atoms with E-state index in [0.29, 0.717) is 22.8 Å². The molecular formula is C31H44O8Si. The topological polar surface area (TPSA) is 81.7 Å². The Bertz CT molecular complexity index is 1090. The normalized spacial score (nSPS) is 17.6. The molecule has 3 rings (SSSR count). The maximum absolute atomic E-state index is 13.8. The predicted molar refractivity (Wildman–Crippen MR) is 154 cm³/mol. The molecule has 0 N–H and O–H groups in total. The van der Waals surface area contributed by atoms with Crippen LogP contribution < -0.4 is 14.2 Å². The third kappa shape index (κ3) is 8.53. The maximum Gasteiger partial charge on any atom is 0.236 e. The largest absolute Gasteiger partial charge is 0.468 e. The van der Waals surface area contributed by atoms with Crippen LogP contribution in [0.5, 0.6) is 17.2 Å². The first-order valence-electron chi connectivity index (χ1n) is 13.6. The second kappa shape index (κ2) is 14.5. The number of carbonyl (C=O) groups excluding carboxylic acids is 1. The lowest BCUT2D eigenvalue weighted by Gasteiger charge is -2.33. The monoisotopic (exact) mass is 572 g/mol. The zero-order valence-corrected chi connectivity index (χ0v) is 26.1. The van der Waals surface area contributed by atoms with Crippen LogP contribution in [0.4, 0.5) is 0 Å². The van der Waals surface area contributed by atoms with Crippen LogP contribution in [-0.4, -0.2) is 57.3 Å². The van der Waals surface area contributed by atoms with Crippen LogP contribution in [-0.2, 0) is 24.2 Å². The molecule has 2 atom stereocenters. The Morgan fingerprint density at radius 1 is 0.825 bits per heavy atom. The summed E-state index contributed by atoms with van der Waals surface area (Å²) >= 11 is 0. The fourth-order valence-corrected chi connectivity index (χ4v) is 5.55. The van der Waals surface area contributed by atoms with E-state index in [1.807, 2.05) is 38.1 Å². The summed E-state index contributed by atoms with van der Waals surface area (Å²) in [6.07, 6.45) is 2.58. The Morgan fingerprint density at radius 3 is 2.02 bits per heavy atom. The minimum atomic E-state index is -0.688. The molecule has 0 aliphatic heterocycles. The van der Waals surface area contributed by atoms with Gasteiger partial charge in [0.05, 0.1) is 5.60 Å². The van der Waals surface area contributed by atoms with Crippen molar-refractivity contribution in [3.63, 3.8) is 0 Å². The van der Waals surface area contributed by atoms with Crippen molar-refractivity contribution < 1.29 is 37.6 Å². The number of Topliss-reactive ketones (excluding diaryl/α,β-unsaturated/α-hetero) is 1. The third-order valence-electron chi connectivity index (χ3n) is 6.75. The van der Waals surface area contributed by atoms with Crippen molar-refractivity contribution in [1.82, 2.24) is 0 Å². The van der Waals surface area contributed by atoms with Gasteiger partial charge >= 0.3 is 0 Å². The Kier molecular flexibility index (Phi) is 11.6. The lowest BCUT2D eigenvalue weighted by atomic mass is 9.81. The zero-order chi connectivity index (χ0) is 29.3. The molecule has 1 saturated carbocycles. The first-order valence-corrected chi connectivity index (χ1v) is 14.5. The van der Waals surface area contributed by atoms with E-state index in [1.54, 1.807) is 33.5 Å². The van der Waals surface area contributed by atoms with Crippen molar-refractivity contribution in [3.8, 4) is 17.2 Å². The first kappa shape index (κ1) is 32.1. The van der Waals surface area contributed by atoms with Gasteiger partial charge in [-0.15, -0.1) is 0 Å². The first-order chi connectivity index (χ1) is 19.0. The van der Waals surface area contributed by atoms with Crippen LogP contribution in [0.1, 0.15) is 81.3 Å². The molecule has 2 radical (unpaired) electrons. The highest BCUT2D eigenvalue weighted by Crippen LogP contribution is 2.49. The Morgan fingerprint density at radius 2 is 1.43 bits per heavy atom. The number of carbonyl (C=O) groups is 1. The summed E-state index contributed by atoms with van der Waals surface area (Å²) in [6, 6.07) is 11.2. The van der Waals surface area contributed by atoms with E-state index in [9.17, 15) is 4.79 Å². The molecule has 1 fully saturated rings. The molecule has 0 spiro atoms. The number of hydrogen-bond acceptors (Lipinski definition) is 8. The van der Waals surface area contributed by atoms with Gasteiger partial charge in [0.15, 0.2) is 26.2 Å². The minimum Gasteiger partial charge on any atom is -0.468 e. The van der Waals surface area contributed by atoms with E-state index < -0.39 is 5.60 Å². The maximum atomic E-state index is 13.8. The number of ketones is 1. The van der Waals surface area contributed by atoms with E-state index in [0.717, 1.165) is 30.4 Å². The highest BCUT2D eigenvalue weighted by atomic mass is 28.2. The molecule has 1 aliphatic rings. The van der Waals surface area contributed by atoms with Crippen molar-refractivity contribution in [1.29, 1.82) is 0 Å². The molecule has 2 aromatic carbocycles. The van der Waals surface area contributed by atoms with Gasteiger partial charge in [-0.05, 0) is 74.0 Å². The second-order valence-electron chi connectivity index (χ2n) is 11.5. The van der Waals surface area contributed by atoms with Crippen LogP contribution >= 0.6 is 0 Å². The van der Waals surface area contributed by atoms with Crippen molar-refractivity contribution >= 4 is 15.5 Å². The molecule has 9 heteroatoms. The number of methoxy groups -OCH3 is 3. The van der Waals surface area contributed by atoms with Gasteiger partial charge in [-0.3, -0.25) is 4.79 Å². The molecular weight excluding hydrogens is 528 g/mol. The van der Waals surface area contributed by atoms with Crippen LogP contribution in [0.25, 0.3) is 0 Å². The zero-order valence-electron chi connectivity index (χ0n) is 25.1. The van der Waals surface area contributed by atoms with Gasteiger partial charge in [0.2, 0.25) is 9.76 Å². The van der Waals surface area contributed by atoms with Crippen LogP contribution in [0.2, 0.25) is 5.04 Å². The van der Waals surface area contributed by atoms with Crippen molar-refractivity contribution in [3.05, 3.63) is 53.1 Å². The van der Waals surface area contributed by atoms with E-state index in [4.69, 9.17) is 32.8 Å². The van der Waals surface area contributed by atoms with Gasteiger partial charge in [-0.2, -0.15) is 0 Å². The van der Waals surface area contributed by atoms with Gasteiger partial charge in [0.25, 0.3) is 0 Å². The third-order valence-corrected chi connectivity index (χ3v) is 7.98. The van der Waals surface area contributed by atoms with E-state index >= 15 is 0 Å². The standard InChI is InChI=1S/C31H44O8Si/c1-30(2,3)40-39-31(4,5)27-17-23(37-19-34-7)16-26(29(27)38-20-35-8)24-10-9-11-25(24)28(32)21-12-14-22(15-13-21)36-18-33-6/h12-17,24-25H,9-11,18-20H2,1-8H3. The molecule has 0 heterocycles. The molecule has 1 aliphatic carbocycles. The van der Waals surface area contributed by atoms with Crippen molar-refractivity contribution in [2.75, 3.05) is 41.7 Å². The van der Waals surface area contributed by atoms with Gasteiger partial charge in [-0.1, -0.05) is 27.2 Å². The SMILES string of the molecule is COCOc1ccc(C(=O)C2CCCC2c2cc(OCOC)cc(C(C)(C)O[Si]C(C)(C)C)c2OCOC)cc1. The van der Waals surface area contributed by atoms with Crippen LogP contribution in [0.15, 0.2) is 36.4 Å². The van der Waals surface area contributed by atoms with Gasteiger partial charge in [0, 0.05) is 43.9 Å². The van der Waals surface area contributed by atoms with Gasteiger partial charge < -0.3 is 32.8 Å². The van der Waals surface area contributed by atoms with Crippen molar-refractivity contribution in [2.24, 2.45) is 5.92 Å². The number of ether oxygens (including phenoxy) is 6. The van der Waals surface area contributed by atoms with E-state index in [-0.39, 0.29) is 52.8 Å².